The lowest BCUT2D eigenvalue weighted by Gasteiger charge is -2.07. The lowest BCUT2D eigenvalue weighted by Crippen LogP contribution is -2.00. The molecule has 0 amide bonds. The molecule has 3 nitrogen and oxygen atoms in total. The van der Waals surface area contributed by atoms with E-state index in [0.717, 1.165) is 6.07 Å². The van der Waals surface area contributed by atoms with Crippen molar-refractivity contribution in [1.29, 1.82) is 0 Å². The van der Waals surface area contributed by atoms with Gasteiger partial charge in [0.05, 0.1) is 11.4 Å². The second kappa shape index (κ2) is 4.37. The molecule has 2 rings (SSSR count). The molecule has 0 saturated carbocycles. The molecule has 0 atom stereocenters. The van der Waals surface area contributed by atoms with Gasteiger partial charge < -0.3 is 11.1 Å². The maximum Gasteiger partial charge on any atom is 0.149 e. The van der Waals surface area contributed by atoms with Gasteiger partial charge in [0, 0.05) is 18.7 Å². The smallest absolute Gasteiger partial charge is 0.149 e. The number of nitrogens with zero attached hydrogens (tertiary/aromatic N) is 1. The molecule has 0 spiro atoms. The second-order valence-corrected chi connectivity index (χ2v) is 3.51. The van der Waals surface area contributed by atoms with Gasteiger partial charge in [0.25, 0.3) is 0 Å². The van der Waals surface area contributed by atoms with E-state index in [9.17, 15) is 8.78 Å². The van der Waals surface area contributed by atoms with Gasteiger partial charge in [0.2, 0.25) is 0 Å². The van der Waals surface area contributed by atoms with Crippen LogP contribution in [-0.4, -0.2) is 12.0 Å². The van der Waals surface area contributed by atoms with Gasteiger partial charge in [-0.05, 0) is 24.3 Å². The minimum Gasteiger partial charge on any atom is -0.396 e. The van der Waals surface area contributed by atoms with E-state index in [1.54, 1.807) is 19.2 Å². The van der Waals surface area contributed by atoms with E-state index in [-0.39, 0.29) is 5.56 Å². The molecule has 0 aliphatic rings. The molecule has 0 bridgehead atoms. The van der Waals surface area contributed by atoms with Crippen molar-refractivity contribution in [3.8, 4) is 11.3 Å². The Bertz CT molecular complexity index is 555. The van der Waals surface area contributed by atoms with E-state index in [0.29, 0.717) is 17.2 Å². The molecule has 5 heteroatoms. The van der Waals surface area contributed by atoms with Gasteiger partial charge in [0.1, 0.15) is 17.5 Å². The number of aromatic nitrogens is 1. The van der Waals surface area contributed by atoms with Crippen LogP contribution in [0.2, 0.25) is 0 Å². The van der Waals surface area contributed by atoms with Crippen molar-refractivity contribution < 1.29 is 8.78 Å². The van der Waals surface area contributed by atoms with Crippen molar-refractivity contribution in [3.63, 3.8) is 0 Å². The van der Waals surface area contributed by atoms with Crippen LogP contribution < -0.4 is 11.1 Å². The molecule has 0 radical (unpaired) electrons. The molecular weight excluding hydrogens is 224 g/mol. The highest BCUT2D eigenvalue weighted by molar-refractivity contribution is 5.69. The normalized spacial score (nSPS) is 10.3. The van der Waals surface area contributed by atoms with Crippen LogP contribution in [0.15, 0.2) is 30.3 Å². The standard InChI is InChI=1S/C12H11F2N3/c1-16-12-10(15)4-5-11(17-12)8-3-2-7(13)6-9(8)14/h2-6H,15H2,1H3,(H,16,17). The van der Waals surface area contributed by atoms with Crippen LogP contribution in [0.5, 0.6) is 0 Å². The monoisotopic (exact) mass is 235 g/mol. The summed E-state index contributed by atoms with van der Waals surface area (Å²) >= 11 is 0. The third-order valence-electron chi connectivity index (χ3n) is 2.37. The summed E-state index contributed by atoms with van der Waals surface area (Å²) in [6.45, 7) is 0. The largest absolute Gasteiger partial charge is 0.396 e. The molecule has 88 valence electrons. The first-order chi connectivity index (χ1) is 8.11. The summed E-state index contributed by atoms with van der Waals surface area (Å²) in [7, 11) is 1.67. The summed E-state index contributed by atoms with van der Waals surface area (Å²) in [5, 5.41) is 2.80. The molecular formula is C12H11F2N3. The summed E-state index contributed by atoms with van der Waals surface area (Å²) in [5.74, 6) is -0.800. The number of rotatable bonds is 2. The molecule has 0 saturated heterocycles. The minimum atomic E-state index is -0.649. The molecule has 17 heavy (non-hydrogen) atoms. The van der Waals surface area contributed by atoms with Crippen molar-refractivity contribution in [2.75, 3.05) is 18.1 Å². The fraction of sp³-hybridized carbons (Fsp3) is 0.0833. The minimum absolute atomic E-state index is 0.239. The number of hydrogen-bond donors (Lipinski definition) is 2. The van der Waals surface area contributed by atoms with Crippen LogP contribution in [0.25, 0.3) is 11.3 Å². The second-order valence-electron chi connectivity index (χ2n) is 3.51. The van der Waals surface area contributed by atoms with Crippen molar-refractivity contribution in [2.24, 2.45) is 0 Å². The van der Waals surface area contributed by atoms with Crippen LogP contribution in [0.4, 0.5) is 20.3 Å². The maximum atomic E-state index is 13.5. The zero-order chi connectivity index (χ0) is 12.4. The Morgan fingerprint density at radius 3 is 2.59 bits per heavy atom. The summed E-state index contributed by atoms with van der Waals surface area (Å²) in [5.41, 5.74) is 6.78. The molecule has 1 heterocycles. The topological polar surface area (TPSA) is 50.9 Å². The van der Waals surface area contributed by atoms with Crippen LogP contribution in [0, 0.1) is 11.6 Å². The SMILES string of the molecule is CNc1nc(-c2ccc(F)cc2F)ccc1N. The third-order valence-corrected chi connectivity index (χ3v) is 2.37. The molecule has 3 N–H and O–H groups in total. The first-order valence-electron chi connectivity index (χ1n) is 5.01. The predicted molar refractivity (Wildman–Crippen MR) is 63.5 cm³/mol. The first-order valence-corrected chi connectivity index (χ1v) is 5.01. The fourth-order valence-electron chi connectivity index (χ4n) is 1.52. The van der Waals surface area contributed by atoms with E-state index in [2.05, 4.69) is 10.3 Å². The highest BCUT2D eigenvalue weighted by atomic mass is 19.1. The van der Waals surface area contributed by atoms with E-state index >= 15 is 0 Å². The van der Waals surface area contributed by atoms with Crippen molar-refractivity contribution >= 4 is 11.5 Å². The lowest BCUT2D eigenvalue weighted by atomic mass is 10.1. The predicted octanol–water partition coefficient (Wildman–Crippen LogP) is 2.65. The molecule has 1 aromatic carbocycles. The van der Waals surface area contributed by atoms with Gasteiger partial charge >= 0.3 is 0 Å². The average molecular weight is 235 g/mol. The fourth-order valence-corrected chi connectivity index (χ4v) is 1.52. The number of nitrogens with one attached hydrogen (secondary N) is 1. The van der Waals surface area contributed by atoms with Gasteiger partial charge in [-0.3, -0.25) is 0 Å². The van der Waals surface area contributed by atoms with E-state index in [4.69, 9.17) is 5.73 Å². The van der Waals surface area contributed by atoms with Gasteiger partial charge in [-0.25, -0.2) is 13.8 Å². The molecule has 0 unspecified atom stereocenters. The van der Waals surface area contributed by atoms with Gasteiger partial charge in [-0.15, -0.1) is 0 Å². The van der Waals surface area contributed by atoms with E-state index in [1.807, 2.05) is 0 Å². The number of anilines is 2. The Labute approximate surface area is 97.3 Å². The summed E-state index contributed by atoms with van der Waals surface area (Å²) in [6.07, 6.45) is 0. The number of pyridine rings is 1. The summed E-state index contributed by atoms with van der Waals surface area (Å²) < 4.78 is 26.3. The van der Waals surface area contributed by atoms with E-state index in [1.165, 1.54) is 12.1 Å². The van der Waals surface area contributed by atoms with Gasteiger partial charge in [0.15, 0.2) is 0 Å². The quantitative estimate of drug-likeness (QED) is 0.841. The first kappa shape index (κ1) is 11.3. The lowest BCUT2D eigenvalue weighted by molar-refractivity contribution is 0.585. The highest BCUT2D eigenvalue weighted by Crippen LogP contribution is 2.25. The highest BCUT2D eigenvalue weighted by Gasteiger charge is 2.09. The zero-order valence-electron chi connectivity index (χ0n) is 9.17. The summed E-state index contributed by atoms with van der Waals surface area (Å²) in [6, 6.07) is 6.58. The van der Waals surface area contributed by atoms with Crippen molar-refractivity contribution in [1.82, 2.24) is 4.98 Å². The molecule has 1 aromatic heterocycles. The number of nitrogens with two attached hydrogens (primary N) is 1. The van der Waals surface area contributed by atoms with Crippen molar-refractivity contribution in [3.05, 3.63) is 42.0 Å². The summed E-state index contributed by atoms with van der Waals surface area (Å²) in [4.78, 5) is 4.15. The van der Waals surface area contributed by atoms with Crippen LogP contribution in [0.3, 0.4) is 0 Å². The Morgan fingerprint density at radius 2 is 1.94 bits per heavy atom. The van der Waals surface area contributed by atoms with Crippen LogP contribution in [0.1, 0.15) is 0 Å². The Kier molecular flexibility index (Phi) is 2.91. The van der Waals surface area contributed by atoms with Crippen molar-refractivity contribution in [2.45, 2.75) is 0 Å². The van der Waals surface area contributed by atoms with Crippen LogP contribution in [-0.2, 0) is 0 Å². The molecule has 2 aromatic rings. The number of benzene rings is 1. The molecule has 0 aliphatic carbocycles. The Hall–Kier alpha value is -2.17. The average Bonchev–Trinajstić information content (AvgIpc) is 2.30. The number of halogens is 2. The van der Waals surface area contributed by atoms with Gasteiger partial charge in [-0.1, -0.05) is 0 Å². The Morgan fingerprint density at radius 1 is 1.18 bits per heavy atom. The van der Waals surface area contributed by atoms with E-state index < -0.39 is 11.6 Å². The number of nitrogen functional groups attached to an aromatic ring is 1. The third kappa shape index (κ3) is 2.18. The van der Waals surface area contributed by atoms with Crippen LogP contribution >= 0.6 is 0 Å². The number of hydrogen-bond acceptors (Lipinski definition) is 3. The molecule has 0 fully saturated rings. The zero-order valence-corrected chi connectivity index (χ0v) is 9.17. The van der Waals surface area contributed by atoms with Gasteiger partial charge in [-0.2, -0.15) is 0 Å². The maximum absolute atomic E-state index is 13.5. The molecule has 0 aliphatic heterocycles. The Balaban J connectivity index is 2.53.